The number of aliphatic hydroxyl groups is 2. The molecule has 0 radical (unpaired) electrons. The van der Waals surface area contributed by atoms with Crippen LogP contribution < -0.4 is 19.9 Å². The Morgan fingerprint density at radius 2 is 1.97 bits per heavy atom. The van der Waals surface area contributed by atoms with E-state index < -0.39 is 12.5 Å². The molecule has 0 bridgehead atoms. The summed E-state index contributed by atoms with van der Waals surface area (Å²) < 4.78 is 16.6. The molecule has 1 aromatic carbocycles. The number of piperazine rings is 1. The van der Waals surface area contributed by atoms with Gasteiger partial charge in [-0.2, -0.15) is 0 Å². The number of nitrogens with zero attached hydrogens (tertiary/aromatic N) is 5. The van der Waals surface area contributed by atoms with Crippen LogP contribution in [0.3, 0.4) is 0 Å². The lowest BCUT2D eigenvalue weighted by molar-refractivity contribution is -0.190. The van der Waals surface area contributed by atoms with E-state index >= 15 is 0 Å². The summed E-state index contributed by atoms with van der Waals surface area (Å²) in [7, 11) is 5.39. The predicted molar refractivity (Wildman–Crippen MR) is 147 cm³/mol. The zero-order chi connectivity index (χ0) is 27.1. The molecule has 3 N–H and O–H groups in total. The molecule has 1 aromatic heterocycles. The first-order valence-electron chi connectivity index (χ1n) is 13.4. The van der Waals surface area contributed by atoms with Gasteiger partial charge in [-0.05, 0) is 38.9 Å². The van der Waals surface area contributed by atoms with Crippen LogP contribution in [0.2, 0.25) is 0 Å². The molecule has 2 aromatic rings. The van der Waals surface area contributed by atoms with Gasteiger partial charge in [0, 0.05) is 77.3 Å². The maximum atomic E-state index is 10.2. The summed E-state index contributed by atoms with van der Waals surface area (Å²) >= 11 is 0. The third-order valence-electron chi connectivity index (χ3n) is 7.27. The highest BCUT2D eigenvalue weighted by molar-refractivity contribution is 5.64. The molecular formula is C27H42N6O5. The van der Waals surface area contributed by atoms with Gasteiger partial charge >= 0.3 is 0 Å². The average molecular weight is 531 g/mol. The molecule has 3 heterocycles. The smallest absolute Gasteiger partial charge is 0.216 e. The van der Waals surface area contributed by atoms with Gasteiger partial charge in [-0.3, -0.25) is 0 Å². The van der Waals surface area contributed by atoms with Crippen LogP contribution in [0.1, 0.15) is 19.8 Å². The lowest BCUT2D eigenvalue weighted by atomic mass is 10.1. The van der Waals surface area contributed by atoms with Crippen molar-refractivity contribution in [3.8, 4) is 17.1 Å². The van der Waals surface area contributed by atoms with E-state index in [9.17, 15) is 10.2 Å². The van der Waals surface area contributed by atoms with Gasteiger partial charge in [0.2, 0.25) is 6.41 Å². The zero-order valence-corrected chi connectivity index (χ0v) is 22.9. The molecular weight excluding hydrogens is 488 g/mol. The summed E-state index contributed by atoms with van der Waals surface area (Å²) in [6.45, 7) is 6.28. The van der Waals surface area contributed by atoms with Crippen LogP contribution >= 0.6 is 0 Å². The number of aromatic nitrogens is 2. The third kappa shape index (κ3) is 7.10. The Bertz CT molecular complexity index is 1020. The lowest BCUT2D eigenvalue weighted by Gasteiger charge is -2.42. The van der Waals surface area contributed by atoms with Crippen LogP contribution in [0.4, 0.5) is 11.6 Å². The van der Waals surface area contributed by atoms with Gasteiger partial charge < -0.3 is 39.5 Å². The molecule has 210 valence electrons. The van der Waals surface area contributed by atoms with E-state index in [2.05, 4.69) is 35.2 Å². The van der Waals surface area contributed by atoms with Gasteiger partial charge in [0.05, 0.1) is 0 Å². The van der Waals surface area contributed by atoms with Crippen LogP contribution in [0.15, 0.2) is 30.3 Å². The highest BCUT2D eigenvalue weighted by Crippen LogP contribution is 2.30. The number of rotatable bonds is 11. The highest BCUT2D eigenvalue weighted by Gasteiger charge is 2.30. The van der Waals surface area contributed by atoms with Crippen LogP contribution in [0.25, 0.3) is 11.4 Å². The number of methoxy groups -OCH3 is 1. The number of anilines is 2. The Morgan fingerprint density at radius 1 is 1.18 bits per heavy atom. The van der Waals surface area contributed by atoms with Crippen molar-refractivity contribution < 1.29 is 24.4 Å². The summed E-state index contributed by atoms with van der Waals surface area (Å²) in [4.78, 5) is 16.4. The second-order valence-electron chi connectivity index (χ2n) is 10.0. The standard InChI is InChI=1S/C27H42N6O5/c1-19-17-32(10-11-33(19)27(35)36-4)25-15-24(31(3)21-8-12-37-13-9-21)29-26(30-25)20-6-5-7-23(14-20)38-18-22(34)16-28-2/h5-7,14-15,19,21-22,27-28,34-35H,8-13,16-18H2,1-4H3/t19-,22?,27?/m0/s1. The number of ether oxygens (including phenoxy) is 3. The molecule has 2 aliphatic rings. The van der Waals surface area contributed by atoms with E-state index in [0.29, 0.717) is 43.8 Å². The van der Waals surface area contributed by atoms with Crippen LogP contribution in [-0.4, -0.2) is 117 Å². The van der Waals surface area contributed by atoms with Gasteiger partial charge in [0.1, 0.15) is 30.1 Å². The maximum Gasteiger partial charge on any atom is 0.216 e. The molecule has 0 amide bonds. The van der Waals surface area contributed by atoms with Crippen molar-refractivity contribution in [2.45, 2.75) is 44.4 Å². The highest BCUT2D eigenvalue weighted by atomic mass is 16.6. The van der Waals surface area contributed by atoms with Crippen LogP contribution in [0, 0.1) is 0 Å². The Kier molecular flexibility index (Phi) is 10.1. The Labute approximate surface area is 225 Å². The second kappa shape index (κ2) is 13.5. The summed E-state index contributed by atoms with van der Waals surface area (Å²) in [5.74, 6) is 2.98. The van der Waals surface area contributed by atoms with Crippen molar-refractivity contribution in [2.75, 3.05) is 77.0 Å². The molecule has 3 atom stereocenters. The fourth-order valence-electron chi connectivity index (χ4n) is 5.01. The molecule has 11 nitrogen and oxygen atoms in total. The van der Waals surface area contributed by atoms with E-state index in [-0.39, 0.29) is 12.6 Å². The number of hydrogen-bond donors (Lipinski definition) is 3. The minimum Gasteiger partial charge on any atom is -0.491 e. The average Bonchev–Trinajstić information content (AvgIpc) is 2.95. The molecule has 4 rings (SSSR count). The van der Waals surface area contributed by atoms with E-state index in [1.54, 1.807) is 7.05 Å². The molecule has 0 saturated carbocycles. The largest absolute Gasteiger partial charge is 0.491 e. The monoisotopic (exact) mass is 530 g/mol. The van der Waals surface area contributed by atoms with Crippen molar-refractivity contribution in [3.63, 3.8) is 0 Å². The second-order valence-corrected chi connectivity index (χ2v) is 10.0. The summed E-state index contributed by atoms with van der Waals surface area (Å²) in [5, 5.41) is 23.2. The SMILES string of the molecule is CNCC(O)COc1cccc(-c2nc(N3CCN(C(O)OC)[C@@H](C)C3)cc(N(C)C3CCOCC3)n2)c1. The molecule has 2 saturated heterocycles. The molecule has 0 aliphatic carbocycles. The van der Waals surface area contributed by atoms with Crippen LogP contribution in [0.5, 0.6) is 5.75 Å². The first-order valence-corrected chi connectivity index (χ1v) is 13.4. The maximum absolute atomic E-state index is 10.2. The van der Waals surface area contributed by atoms with Crippen molar-refractivity contribution in [3.05, 3.63) is 30.3 Å². The third-order valence-corrected chi connectivity index (χ3v) is 7.27. The summed E-state index contributed by atoms with van der Waals surface area (Å²) in [6, 6.07) is 10.2. The Balaban J connectivity index is 1.62. The van der Waals surface area contributed by atoms with Crippen LogP contribution in [-0.2, 0) is 9.47 Å². The normalized spacial score (nSPS) is 20.8. The number of hydrogen-bond acceptors (Lipinski definition) is 11. The van der Waals surface area contributed by atoms with Gasteiger partial charge in [-0.1, -0.05) is 12.1 Å². The molecule has 11 heteroatoms. The Hall–Kier alpha value is -2.54. The minimum absolute atomic E-state index is 0.0783. The summed E-state index contributed by atoms with van der Waals surface area (Å²) in [5.41, 5.74) is 0.843. The number of aliphatic hydroxyl groups excluding tert-OH is 2. The molecule has 2 aliphatic heterocycles. The van der Waals surface area contributed by atoms with Gasteiger partial charge in [0.15, 0.2) is 5.82 Å². The Morgan fingerprint density at radius 3 is 2.68 bits per heavy atom. The fourth-order valence-corrected chi connectivity index (χ4v) is 5.01. The van der Waals surface area contributed by atoms with E-state index in [4.69, 9.17) is 24.2 Å². The van der Waals surface area contributed by atoms with Crippen molar-refractivity contribution >= 4 is 11.6 Å². The van der Waals surface area contributed by atoms with Crippen molar-refractivity contribution in [2.24, 2.45) is 0 Å². The van der Waals surface area contributed by atoms with Gasteiger partial charge in [-0.25, -0.2) is 14.9 Å². The predicted octanol–water partition coefficient (Wildman–Crippen LogP) is 1.15. The molecule has 2 unspecified atom stereocenters. The first kappa shape index (κ1) is 28.5. The number of benzene rings is 1. The van der Waals surface area contributed by atoms with Crippen molar-refractivity contribution in [1.82, 2.24) is 20.2 Å². The topological polar surface area (TPSA) is 116 Å². The quantitative estimate of drug-likeness (QED) is 0.364. The number of likely N-dealkylation sites (N-methyl/N-ethyl adjacent to an activating group) is 1. The lowest BCUT2D eigenvalue weighted by Crippen LogP contribution is -2.56. The molecule has 38 heavy (non-hydrogen) atoms. The van der Waals surface area contributed by atoms with E-state index in [0.717, 1.165) is 43.3 Å². The first-order chi connectivity index (χ1) is 18.4. The number of nitrogens with one attached hydrogen (secondary N) is 1. The molecule has 2 fully saturated rings. The summed E-state index contributed by atoms with van der Waals surface area (Å²) in [6.07, 6.45) is 0.389. The van der Waals surface area contributed by atoms with Gasteiger partial charge in [0.25, 0.3) is 0 Å². The fraction of sp³-hybridized carbons (Fsp3) is 0.630. The minimum atomic E-state index is -0.919. The molecule has 0 spiro atoms. The van der Waals surface area contributed by atoms with E-state index in [1.807, 2.05) is 29.2 Å². The van der Waals surface area contributed by atoms with E-state index in [1.165, 1.54) is 7.11 Å². The zero-order valence-electron chi connectivity index (χ0n) is 22.9. The van der Waals surface area contributed by atoms with Gasteiger partial charge in [-0.15, -0.1) is 0 Å². The van der Waals surface area contributed by atoms with Crippen molar-refractivity contribution in [1.29, 1.82) is 0 Å².